The van der Waals surface area contributed by atoms with Gasteiger partial charge in [0.15, 0.2) is 0 Å². The van der Waals surface area contributed by atoms with E-state index in [1.165, 1.54) is 24.1 Å². The van der Waals surface area contributed by atoms with Gasteiger partial charge in [-0.3, -0.25) is 29.1 Å². The van der Waals surface area contributed by atoms with E-state index in [1.54, 1.807) is 6.07 Å². The Bertz CT molecular complexity index is 1970. The van der Waals surface area contributed by atoms with Crippen molar-refractivity contribution in [1.82, 2.24) is 19.8 Å². The van der Waals surface area contributed by atoms with Gasteiger partial charge in [0.1, 0.15) is 5.69 Å². The Morgan fingerprint density at radius 1 is 0.981 bits per heavy atom. The third-order valence-corrected chi connectivity index (χ3v) is 10.2. The van der Waals surface area contributed by atoms with Gasteiger partial charge in [-0.25, -0.2) is 9.78 Å². The van der Waals surface area contributed by atoms with Crippen LogP contribution < -0.4 is 5.32 Å². The largest absolute Gasteiger partial charge is 0.490 e. The van der Waals surface area contributed by atoms with Gasteiger partial charge in [-0.1, -0.05) is 13.8 Å². The number of aromatic nitrogens is 2. The molecule has 52 heavy (non-hydrogen) atoms. The van der Waals surface area contributed by atoms with Crippen LogP contribution in [0.15, 0.2) is 24.4 Å². The van der Waals surface area contributed by atoms with Crippen LogP contribution in [0, 0.1) is 30.1 Å². The first-order valence-corrected chi connectivity index (χ1v) is 15.9. The Morgan fingerprint density at radius 3 is 2.12 bits per heavy atom. The third-order valence-electron chi connectivity index (χ3n) is 9.03. The Kier molecular flexibility index (Phi) is 9.60. The summed E-state index contributed by atoms with van der Waals surface area (Å²) in [5.41, 5.74) is -1.30. The quantitative estimate of drug-likeness (QED) is 0.244. The number of anilines is 1. The fourth-order valence-corrected chi connectivity index (χ4v) is 7.48. The van der Waals surface area contributed by atoms with Gasteiger partial charge in [0, 0.05) is 35.3 Å². The van der Waals surface area contributed by atoms with E-state index in [-0.39, 0.29) is 71.1 Å². The summed E-state index contributed by atoms with van der Waals surface area (Å²) < 4.78 is 112. The number of fused-ring (bicyclic) bond motifs is 2. The standard InChI is InChI=1S/C29H25F6N5O4S.C2HF3O2/c1-12-21(38-23(41)13-5-7-39(10-13)26(44)29(33,34)35)16(9-18(37-12)28(30,31)32)15-4-6-36-17-8-14(45-22(15)17)11-40-24(42)19-20(25(40)43)27(19,2)3;3-2(4,5)1(6)7/h4,6,8-9,13,19-20H,5,7,10-11H2,1-3H3,(H,38,41);(H,6,7). The highest BCUT2D eigenvalue weighted by Crippen LogP contribution is 2.63. The van der Waals surface area contributed by atoms with E-state index < -0.39 is 54.5 Å². The first-order chi connectivity index (χ1) is 23.8. The van der Waals surface area contributed by atoms with Crippen LogP contribution in [-0.2, 0) is 36.7 Å². The van der Waals surface area contributed by atoms with Gasteiger partial charge in [-0.2, -0.15) is 39.5 Å². The van der Waals surface area contributed by atoms with Crippen molar-refractivity contribution in [1.29, 1.82) is 0 Å². The first kappa shape index (κ1) is 38.4. The molecule has 0 radical (unpaired) electrons. The number of carbonyl (C=O) groups excluding carboxylic acids is 4. The van der Waals surface area contributed by atoms with Crippen molar-refractivity contribution in [3.8, 4) is 11.1 Å². The first-order valence-electron chi connectivity index (χ1n) is 15.1. The maximum absolute atomic E-state index is 13.9. The zero-order chi connectivity index (χ0) is 38.9. The summed E-state index contributed by atoms with van der Waals surface area (Å²) in [4.78, 5) is 69.7. The van der Waals surface area contributed by atoms with Crippen LogP contribution >= 0.6 is 11.3 Å². The van der Waals surface area contributed by atoms with E-state index in [1.807, 2.05) is 13.8 Å². The van der Waals surface area contributed by atoms with Crippen molar-refractivity contribution < 1.29 is 68.6 Å². The average molecular weight is 768 g/mol. The fourth-order valence-electron chi connectivity index (χ4n) is 6.34. The summed E-state index contributed by atoms with van der Waals surface area (Å²) in [6, 6.07) is 3.87. The Morgan fingerprint density at radius 2 is 1.58 bits per heavy atom. The molecule has 0 spiro atoms. The minimum absolute atomic E-state index is 0.0250. The van der Waals surface area contributed by atoms with Crippen LogP contribution in [0.2, 0.25) is 0 Å². The molecule has 0 aromatic carbocycles. The Labute approximate surface area is 290 Å². The molecule has 2 N–H and O–H groups in total. The number of rotatable bonds is 5. The zero-order valence-electron chi connectivity index (χ0n) is 27.0. The van der Waals surface area contributed by atoms with Crippen LogP contribution in [0.25, 0.3) is 21.3 Å². The summed E-state index contributed by atoms with van der Waals surface area (Å²) in [6.07, 6.45) is -13.7. The second-order valence-electron chi connectivity index (χ2n) is 12.9. The number of hydrogen-bond donors (Lipinski definition) is 2. The molecule has 1 saturated carbocycles. The Balaban J connectivity index is 0.000000679. The number of carbonyl (C=O) groups is 5. The van der Waals surface area contributed by atoms with E-state index in [4.69, 9.17) is 9.90 Å². The number of aliphatic carboxylic acids is 1. The van der Waals surface area contributed by atoms with Crippen molar-refractivity contribution in [2.75, 3.05) is 18.4 Å². The molecule has 3 aromatic rings. The van der Waals surface area contributed by atoms with Gasteiger partial charge in [0.2, 0.25) is 17.7 Å². The van der Waals surface area contributed by atoms with Crippen molar-refractivity contribution in [3.05, 3.63) is 40.7 Å². The molecule has 21 heteroatoms. The number of thiophene rings is 1. The van der Waals surface area contributed by atoms with Gasteiger partial charge in [0.25, 0.3) is 0 Å². The second kappa shape index (κ2) is 13.0. The maximum atomic E-state index is 13.9. The predicted octanol–water partition coefficient (Wildman–Crippen LogP) is 5.81. The lowest BCUT2D eigenvalue weighted by Crippen LogP contribution is -2.40. The van der Waals surface area contributed by atoms with Crippen LogP contribution in [0.1, 0.15) is 36.5 Å². The van der Waals surface area contributed by atoms with E-state index in [0.717, 1.165) is 17.4 Å². The number of nitrogens with one attached hydrogen (secondary N) is 1. The Hall–Kier alpha value is -4.82. The molecule has 280 valence electrons. The van der Waals surface area contributed by atoms with Crippen molar-refractivity contribution in [3.63, 3.8) is 0 Å². The topological polar surface area (TPSA) is 150 Å². The highest BCUT2D eigenvalue weighted by Gasteiger charge is 2.72. The van der Waals surface area contributed by atoms with Crippen LogP contribution in [0.5, 0.6) is 0 Å². The van der Waals surface area contributed by atoms with Crippen molar-refractivity contribution in [2.24, 2.45) is 23.2 Å². The van der Waals surface area contributed by atoms with Gasteiger partial charge in [-0.05, 0) is 37.0 Å². The molecule has 3 aromatic heterocycles. The van der Waals surface area contributed by atoms with E-state index in [2.05, 4.69) is 15.3 Å². The molecule has 0 bridgehead atoms. The number of likely N-dealkylation sites (tertiary alicyclic amines) is 2. The highest BCUT2D eigenvalue weighted by molar-refractivity contribution is 7.19. The number of piperidine rings is 1. The lowest BCUT2D eigenvalue weighted by atomic mass is 10.0. The van der Waals surface area contributed by atoms with E-state index in [9.17, 15) is 58.7 Å². The minimum atomic E-state index is -5.11. The van der Waals surface area contributed by atoms with Crippen molar-refractivity contribution in [2.45, 2.75) is 52.3 Å². The number of carboxylic acids is 1. The molecule has 3 fully saturated rings. The number of alkyl halides is 9. The van der Waals surface area contributed by atoms with Crippen LogP contribution in [0.3, 0.4) is 0 Å². The van der Waals surface area contributed by atoms with Gasteiger partial charge >= 0.3 is 30.4 Å². The average Bonchev–Trinajstić information content (AvgIpc) is 3.45. The van der Waals surface area contributed by atoms with Gasteiger partial charge < -0.3 is 15.3 Å². The van der Waals surface area contributed by atoms with Crippen LogP contribution in [0.4, 0.5) is 45.2 Å². The summed E-state index contributed by atoms with van der Waals surface area (Å²) >= 11 is 1.13. The number of nitrogens with zero attached hydrogens (tertiary/aromatic N) is 4. The summed E-state index contributed by atoms with van der Waals surface area (Å²) in [5, 5.41) is 9.68. The molecule has 3 atom stereocenters. The molecule has 3 aliphatic rings. The highest BCUT2D eigenvalue weighted by atomic mass is 32.1. The van der Waals surface area contributed by atoms with E-state index >= 15 is 0 Å². The summed E-state index contributed by atoms with van der Waals surface area (Å²) in [5.74, 6) is -7.94. The third kappa shape index (κ3) is 7.26. The van der Waals surface area contributed by atoms with Crippen molar-refractivity contribution >= 4 is 56.8 Å². The van der Waals surface area contributed by atoms with Gasteiger partial charge in [-0.15, -0.1) is 11.3 Å². The second-order valence-corrected chi connectivity index (χ2v) is 14.0. The molecule has 2 saturated heterocycles. The number of imide groups is 1. The van der Waals surface area contributed by atoms with E-state index in [0.29, 0.717) is 20.0 Å². The number of amides is 4. The molecule has 1 aliphatic carbocycles. The number of aryl methyl sites for hydroxylation is 1. The smallest absolute Gasteiger partial charge is 0.475 e. The number of hydrogen-bond acceptors (Lipinski definition) is 8. The maximum Gasteiger partial charge on any atom is 0.490 e. The molecule has 3 unspecified atom stereocenters. The SMILES string of the molecule is Cc1nc(C(F)(F)F)cc(-c2ccnc3cc(CN4C(=O)C5C(C4=O)C5(C)C)sc23)c1NC(=O)C1CCN(C(=O)C(F)(F)F)C1.O=C(O)C(F)(F)F. The fraction of sp³-hybridized carbons (Fsp3) is 0.452. The predicted molar refractivity (Wildman–Crippen MR) is 162 cm³/mol. The zero-order valence-corrected chi connectivity index (χ0v) is 27.8. The lowest BCUT2D eigenvalue weighted by Gasteiger charge is -2.20. The minimum Gasteiger partial charge on any atom is -0.475 e. The van der Waals surface area contributed by atoms with Gasteiger partial charge in [0.05, 0.1) is 45.9 Å². The molecule has 2 aliphatic heterocycles. The monoisotopic (exact) mass is 767 g/mol. The molecule has 4 amide bonds. The lowest BCUT2D eigenvalue weighted by molar-refractivity contribution is -0.192. The number of pyridine rings is 2. The molecule has 6 rings (SSSR count). The molecule has 5 heterocycles. The molecular weight excluding hydrogens is 741 g/mol. The summed E-state index contributed by atoms with van der Waals surface area (Å²) in [6.45, 7) is 4.14. The normalized spacial score (nSPS) is 21.2. The molecular formula is C31H26F9N5O6S. The summed E-state index contributed by atoms with van der Waals surface area (Å²) in [7, 11) is 0. The number of carboxylic acid groups (broad SMARTS) is 1. The number of halogens is 9. The molecule has 11 nitrogen and oxygen atoms in total. The van der Waals surface area contributed by atoms with Crippen LogP contribution in [-0.4, -0.2) is 79.9 Å².